The normalized spacial score (nSPS) is 10.6. The Morgan fingerprint density at radius 3 is 1.67 bits per heavy atom. The molecule has 3 aromatic carbocycles. The number of hydrogen-bond donors (Lipinski definition) is 1. The summed E-state index contributed by atoms with van der Waals surface area (Å²) < 4.78 is 26.7. The van der Waals surface area contributed by atoms with Gasteiger partial charge in [-0.2, -0.15) is 0 Å². The van der Waals surface area contributed by atoms with Crippen LogP contribution in [0.2, 0.25) is 0 Å². The molecule has 120 valence electrons. The zero-order valence-corrected chi connectivity index (χ0v) is 12.7. The molecule has 0 aliphatic rings. The molecule has 1 amide bonds. The van der Waals surface area contributed by atoms with Crippen LogP contribution in [0.15, 0.2) is 78.9 Å². The topological polar surface area (TPSA) is 29.1 Å². The summed E-state index contributed by atoms with van der Waals surface area (Å²) in [7, 11) is 0. The Bertz CT molecular complexity index is 775. The maximum Gasteiger partial charge on any atom is 0.236 e. The van der Waals surface area contributed by atoms with Crippen LogP contribution in [0.5, 0.6) is 0 Å². The first-order valence-corrected chi connectivity index (χ1v) is 7.50. The second kappa shape index (κ2) is 7.04. The van der Waals surface area contributed by atoms with Gasteiger partial charge in [0.25, 0.3) is 0 Å². The van der Waals surface area contributed by atoms with E-state index < -0.39 is 17.6 Å². The van der Waals surface area contributed by atoms with Crippen LogP contribution < -0.4 is 5.32 Å². The van der Waals surface area contributed by atoms with Crippen molar-refractivity contribution in [3.8, 4) is 0 Å². The monoisotopic (exact) mass is 323 g/mol. The van der Waals surface area contributed by atoms with Crippen molar-refractivity contribution in [1.29, 1.82) is 0 Å². The van der Waals surface area contributed by atoms with Gasteiger partial charge in [-0.25, -0.2) is 8.78 Å². The van der Waals surface area contributed by atoms with Crippen molar-refractivity contribution in [2.75, 3.05) is 5.32 Å². The lowest BCUT2D eigenvalue weighted by Gasteiger charge is -2.18. The Kier molecular flexibility index (Phi) is 4.66. The maximum atomic E-state index is 13.3. The number of hydrogen-bond acceptors (Lipinski definition) is 1. The van der Waals surface area contributed by atoms with E-state index in [0.29, 0.717) is 0 Å². The SMILES string of the molecule is O=C(Nc1cc(F)cc(F)c1)C(c1ccccc1)c1ccccc1. The van der Waals surface area contributed by atoms with Crippen LogP contribution in [-0.2, 0) is 4.79 Å². The van der Waals surface area contributed by atoms with Gasteiger partial charge in [0.05, 0.1) is 5.92 Å². The predicted octanol–water partition coefficient (Wildman–Crippen LogP) is 4.74. The van der Waals surface area contributed by atoms with Crippen molar-refractivity contribution in [2.24, 2.45) is 0 Å². The number of rotatable bonds is 4. The number of carbonyl (C=O) groups is 1. The summed E-state index contributed by atoms with van der Waals surface area (Å²) in [5.74, 6) is -2.39. The summed E-state index contributed by atoms with van der Waals surface area (Å²) in [6.45, 7) is 0. The first kappa shape index (κ1) is 15.9. The Morgan fingerprint density at radius 1 is 0.750 bits per heavy atom. The minimum Gasteiger partial charge on any atom is -0.325 e. The van der Waals surface area contributed by atoms with E-state index in [1.54, 1.807) is 0 Å². The number of halogens is 2. The minimum absolute atomic E-state index is 0.0920. The number of carbonyl (C=O) groups excluding carboxylic acids is 1. The number of amides is 1. The molecule has 2 nitrogen and oxygen atoms in total. The van der Waals surface area contributed by atoms with Crippen molar-refractivity contribution in [2.45, 2.75) is 5.92 Å². The van der Waals surface area contributed by atoms with Crippen LogP contribution in [0.25, 0.3) is 0 Å². The number of anilines is 1. The lowest BCUT2D eigenvalue weighted by molar-refractivity contribution is -0.116. The van der Waals surface area contributed by atoms with Crippen molar-refractivity contribution in [1.82, 2.24) is 0 Å². The van der Waals surface area contributed by atoms with E-state index in [9.17, 15) is 13.6 Å². The van der Waals surface area contributed by atoms with Crippen molar-refractivity contribution < 1.29 is 13.6 Å². The second-order valence-electron chi connectivity index (χ2n) is 5.40. The number of nitrogens with one attached hydrogen (secondary N) is 1. The fourth-order valence-electron chi connectivity index (χ4n) is 2.63. The lowest BCUT2D eigenvalue weighted by atomic mass is 9.90. The molecule has 1 N–H and O–H groups in total. The highest BCUT2D eigenvalue weighted by molar-refractivity contribution is 5.98. The largest absolute Gasteiger partial charge is 0.325 e. The molecule has 0 saturated carbocycles. The van der Waals surface area contributed by atoms with E-state index in [4.69, 9.17) is 0 Å². The van der Waals surface area contributed by atoms with Crippen LogP contribution in [0.4, 0.5) is 14.5 Å². The van der Waals surface area contributed by atoms with Gasteiger partial charge < -0.3 is 5.32 Å². The van der Waals surface area contributed by atoms with Gasteiger partial charge in [0, 0.05) is 11.8 Å². The van der Waals surface area contributed by atoms with Gasteiger partial charge in [-0.15, -0.1) is 0 Å². The Morgan fingerprint density at radius 2 is 1.21 bits per heavy atom. The summed E-state index contributed by atoms with van der Waals surface area (Å²) >= 11 is 0. The third kappa shape index (κ3) is 3.66. The summed E-state index contributed by atoms with van der Waals surface area (Å²) in [6.07, 6.45) is 0. The third-order valence-corrected chi connectivity index (χ3v) is 3.66. The molecule has 0 heterocycles. The molecule has 24 heavy (non-hydrogen) atoms. The molecule has 0 atom stereocenters. The zero-order chi connectivity index (χ0) is 16.9. The van der Waals surface area contributed by atoms with E-state index >= 15 is 0 Å². The van der Waals surface area contributed by atoms with Gasteiger partial charge in [0.15, 0.2) is 0 Å². The van der Waals surface area contributed by atoms with E-state index in [0.717, 1.165) is 29.3 Å². The highest BCUT2D eigenvalue weighted by atomic mass is 19.1. The highest BCUT2D eigenvalue weighted by Crippen LogP contribution is 2.26. The molecular formula is C20H15F2NO. The molecule has 0 aliphatic heterocycles. The molecule has 0 unspecified atom stereocenters. The fraction of sp³-hybridized carbons (Fsp3) is 0.0500. The van der Waals surface area contributed by atoms with Gasteiger partial charge in [-0.3, -0.25) is 4.79 Å². The first-order valence-electron chi connectivity index (χ1n) is 7.50. The van der Waals surface area contributed by atoms with E-state index in [2.05, 4.69) is 5.32 Å². The van der Waals surface area contributed by atoms with Gasteiger partial charge in [-0.05, 0) is 23.3 Å². The summed E-state index contributed by atoms with van der Waals surface area (Å²) in [4.78, 5) is 12.8. The van der Waals surface area contributed by atoms with Crippen LogP contribution in [0, 0.1) is 11.6 Å². The van der Waals surface area contributed by atoms with Crippen LogP contribution in [0.3, 0.4) is 0 Å². The molecule has 0 saturated heterocycles. The molecule has 0 aliphatic carbocycles. The lowest BCUT2D eigenvalue weighted by Crippen LogP contribution is -2.22. The average molecular weight is 323 g/mol. The van der Waals surface area contributed by atoms with Crippen LogP contribution >= 0.6 is 0 Å². The van der Waals surface area contributed by atoms with Gasteiger partial charge in [-0.1, -0.05) is 60.7 Å². The molecule has 0 radical (unpaired) electrons. The molecule has 3 aromatic rings. The highest BCUT2D eigenvalue weighted by Gasteiger charge is 2.22. The van der Waals surface area contributed by atoms with Crippen LogP contribution in [0.1, 0.15) is 17.0 Å². The molecular weight excluding hydrogens is 308 g/mol. The molecule has 0 bridgehead atoms. The van der Waals surface area contributed by atoms with Gasteiger partial charge in [0.2, 0.25) is 5.91 Å². The fourth-order valence-corrected chi connectivity index (χ4v) is 2.63. The molecule has 0 aromatic heterocycles. The van der Waals surface area contributed by atoms with Crippen molar-refractivity contribution in [3.63, 3.8) is 0 Å². The van der Waals surface area contributed by atoms with Crippen molar-refractivity contribution in [3.05, 3.63) is 102 Å². The summed E-state index contributed by atoms with van der Waals surface area (Å²) in [5.41, 5.74) is 1.70. The van der Waals surface area contributed by atoms with Gasteiger partial charge in [0.1, 0.15) is 11.6 Å². The third-order valence-electron chi connectivity index (χ3n) is 3.66. The zero-order valence-electron chi connectivity index (χ0n) is 12.7. The Balaban J connectivity index is 1.95. The predicted molar refractivity (Wildman–Crippen MR) is 89.7 cm³/mol. The number of benzene rings is 3. The standard InChI is InChI=1S/C20H15F2NO/c21-16-11-17(22)13-18(12-16)23-20(24)19(14-7-3-1-4-8-14)15-9-5-2-6-10-15/h1-13,19H,(H,23,24). The summed E-state index contributed by atoms with van der Waals surface area (Å²) in [6, 6.07) is 21.5. The maximum absolute atomic E-state index is 13.3. The molecule has 0 spiro atoms. The van der Waals surface area contributed by atoms with Crippen molar-refractivity contribution >= 4 is 11.6 Å². The Hall–Kier alpha value is -3.01. The van der Waals surface area contributed by atoms with E-state index in [-0.39, 0.29) is 11.6 Å². The molecule has 3 rings (SSSR count). The first-order chi connectivity index (χ1) is 11.6. The Labute approximate surface area is 138 Å². The van der Waals surface area contributed by atoms with E-state index in [1.165, 1.54) is 0 Å². The minimum atomic E-state index is -0.735. The quantitative estimate of drug-likeness (QED) is 0.738. The van der Waals surface area contributed by atoms with Gasteiger partial charge >= 0.3 is 0 Å². The average Bonchev–Trinajstić information content (AvgIpc) is 2.56. The van der Waals surface area contributed by atoms with E-state index in [1.807, 2.05) is 60.7 Å². The smallest absolute Gasteiger partial charge is 0.236 e. The summed E-state index contributed by atoms with van der Waals surface area (Å²) in [5, 5.41) is 2.60. The van der Waals surface area contributed by atoms with Crippen LogP contribution in [-0.4, -0.2) is 5.91 Å². The molecule has 4 heteroatoms. The second-order valence-corrected chi connectivity index (χ2v) is 5.40. The molecule has 0 fully saturated rings.